The normalized spacial score (nSPS) is 17.0. The first kappa shape index (κ1) is 19.2. The number of ether oxygens (including phenoxy) is 2. The largest absolute Gasteiger partial charge is 0.497 e. The average molecular weight is 390 g/mol. The summed E-state index contributed by atoms with van der Waals surface area (Å²) in [6.45, 7) is 2.18. The molecule has 2 aromatic rings. The van der Waals surface area contributed by atoms with Gasteiger partial charge in [-0.15, -0.1) is 0 Å². The summed E-state index contributed by atoms with van der Waals surface area (Å²) in [4.78, 5) is 13.6. The van der Waals surface area contributed by atoms with E-state index in [1.54, 1.807) is 37.4 Å². The number of cyclic esters (lactones) is 1. The van der Waals surface area contributed by atoms with Crippen molar-refractivity contribution in [3.05, 3.63) is 59.7 Å². The van der Waals surface area contributed by atoms with E-state index in [9.17, 15) is 13.2 Å². The topological polar surface area (TPSA) is 84.9 Å². The van der Waals surface area contributed by atoms with Gasteiger partial charge in [-0.2, -0.15) is 0 Å². The summed E-state index contributed by atoms with van der Waals surface area (Å²) in [7, 11) is -1.96. The van der Waals surface area contributed by atoms with Crippen LogP contribution in [0.15, 0.2) is 48.5 Å². The van der Waals surface area contributed by atoms with Crippen LogP contribution in [0.4, 0.5) is 10.5 Å². The van der Waals surface area contributed by atoms with Crippen molar-refractivity contribution in [2.45, 2.75) is 18.8 Å². The van der Waals surface area contributed by atoms with Gasteiger partial charge in [-0.05, 0) is 42.3 Å². The molecule has 1 unspecified atom stereocenters. The van der Waals surface area contributed by atoms with Crippen LogP contribution in [0.1, 0.15) is 11.1 Å². The van der Waals surface area contributed by atoms with Crippen molar-refractivity contribution in [3.63, 3.8) is 0 Å². The first-order valence-electron chi connectivity index (χ1n) is 8.52. The van der Waals surface area contributed by atoms with Crippen molar-refractivity contribution in [2.75, 3.05) is 25.1 Å². The zero-order chi connectivity index (χ0) is 19.4. The standard InChI is InChI=1S/C19H22N2O5S/c1-14-5-3-4-6-15(14)13-27(23,24)20-11-18-12-21(19(22)26-18)16-7-9-17(25-2)10-8-16/h3-10,18,20H,11-13H2,1-2H3. The Bertz CT molecular complexity index is 912. The first-order chi connectivity index (χ1) is 12.9. The number of amides is 1. The summed E-state index contributed by atoms with van der Waals surface area (Å²) in [5, 5.41) is 0. The van der Waals surface area contributed by atoms with Crippen LogP contribution < -0.4 is 14.4 Å². The summed E-state index contributed by atoms with van der Waals surface area (Å²) < 4.78 is 37.6. The molecule has 1 saturated heterocycles. The van der Waals surface area contributed by atoms with Crippen molar-refractivity contribution in [1.82, 2.24) is 4.72 Å². The molecular formula is C19H22N2O5S. The van der Waals surface area contributed by atoms with Gasteiger partial charge in [0.15, 0.2) is 0 Å². The molecule has 1 amide bonds. The number of carbonyl (C=O) groups is 1. The maximum atomic E-state index is 12.3. The van der Waals surface area contributed by atoms with Crippen LogP contribution in [0.25, 0.3) is 0 Å². The summed E-state index contributed by atoms with van der Waals surface area (Å²) in [6.07, 6.45) is -1.05. The third-order valence-electron chi connectivity index (χ3n) is 4.40. The van der Waals surface area contributed by atoms with Crippen LogP contribution in [0.2, 0.25) is 0 Å². The zero-order valence-electron chi connectivity index (χ0n) is 15.2. The lowest BCUT2D eigenvalue weighted by Crippen LogP contribution is -2.35. The van der Waals surface area contributed by atoms with Gasteiger partial charge in [0.25, 0.3) is 0 Å². The number of nitrogens with one attached hydrogen (secondary N) is 1. The highest BCUT2D eigenvalue weighted by molar-refractivity contribution is 7.88. The number of hydrogen-bond acceptors (Lipinski definition) is 5. The quantitative estimate of drug-likeness (QED) is 0.785. The van der Waals surface area contributed by atoms with E-state index in [0.29, 0.717) is 11.4 Å². The molecule has 1 atom stereocenters. The molecule has 0 radical (unpaired) electrons. The van der Waals surface area contributed by atoms with Gasteiger partial charge < -0.3 is 9.47 Å². The van der Waals surface area contributed by atoms with Crippen LogP contribution >= 0.6 is 0 Å². The molecule has 27 heavy (non-hydrogen) atoms. The number of benzene rings is 2. The number of rotatable bonds is 7. The number of nitrogens with zero attached hydrogens (tertiary/aromatic N) is 1. The van der Waals surface area contributed by atoms with E-state index < -0.39 is 22.2 Å². The lowest BCUT2D eigenvalue weighted by Gasteiger charge is -2.14. The third kappa shape index (κ3) is 4.78. The molecule has 7 nitrogen and oxygen atoms in total. The van der Waals surface area contributed by atoms with Crippen molar-refractivity contribution >= 4 is 21.8 Å². The fourth-order valence-corrected chi connectivity index (χ4v) is 4.12. The van der Waals surface area contributed by atoms with E-state index >= 15 is 0 Å². The number of sulfonamides is 1. The minimum atomic E-state index is -3.53. The summed E-state index contributed by atoms with van der Waals surface area (Å²) in [6, 6.07) is 14.3. The second kappa shape index (κ2) is 7.98. The van der Waals surface area contributed by atoms with Crippen LogP contribution in [-0.2, 0) is 20.5 Å². The monoisotopic (exact) mass is 390 g/mol. The summed E-state index contributed by atoms with van der Waals surface area (Å²) >= 11 is 0. The number of methoxy groups -OCH3 is 1. The smallest absolute Gasteiger partial charge is 0.414 e. The average Bonchev–Trinajstić information content (AvgIpc) is 3.03. The van der Waals surface area contributed by atoms with Gasteiger partial charge in [0, 0.05) is 12.2 Å². The lowest BCUT2D eigenvalue weighted by atomic mass is 10.1. The predicted molar refractivity (Wildman–Crippen MR) is 102 cm³/mol. The Morgan fingerprint density at radius 2 is 1.89 bits per heavy atom. The molecule has 1 heterocycles. The van der Waals surface area contributed by atoms with Gasteiger partial charge in [0.2, 0.25) is 10.0 Å². The van der Waals surface area contributed by atoms with Crippen molar-refractivity contribution < 1.29 is 22.7 Å². The third-order valence-corrected chi connectivity index (χ3v) is 5.69. The highest BCUT2D eigenvalue weighted by atomic mass is 32.2. The van der Waals surface area contributed by atoms with E-state index in [-0.39, 0.29) is 18.8 Å². The molecule has 144 valence electrons. The Labute approximate surface area is 158 Å². The SMILES string of the molecule is COc1ccc(N2CC(CNS(=O)(=O)Cc3ccccc3C)OC2=O)cc1. The zero-order valence-corrected chi connectivity index (χ0v) is 16.0. The Hall–Kier alpha value is -2.58. The number of hydrogen-bond donors (Lipinski definition) is 1. The van der Waals surface area contributed by atoms with Crippen LogP contribution in [0, 0.1) is 6.92 Å². The molecule has 0 spiro atoms. The molecule has 3 rings (SSSR count). The van der Waals surface area contributed by atoms with E-state index in [1.807, 2.05) is 25.1 Å². The molecule has 0 saturated carbocycles. The molecule has 2 aromatic carbocycles. The first-order valence-corrected chi connectivity index (χ1v) is 10.2. The van der Waals surface area contributed by atoms with Crippen molar-refractivity contribution in [1.29, 1.82) is 0 Å². The maximum absolute atomic E-state index is 12.3. The minimum Gasteiger partial charge on any atom is -0.497 e. The predicted octanol–water partition coefficient (Wildman–Crippen LogP) is 2.45. The number of aryl methyl sites for hydroxylation is 1. The number of anilines is 1. The van der Waals surface area contributed by atoms with Crippen LogP contribution in [0.5, 0.6) is 5.75 Å². The van der Waals surface area contributed by atoms with E-state index in [4.69, 9.17) is 9.47 Å². The summed E-state index contributed by atoms with van der Waals surface area (Å²) in [5.74, 6) is 0.578. The molecular weight excluding hydrogens is 368 g/mol. The van der Waals surface area contributed by atoms with Crippen LogP contribution in [0.3, 0.4) is 0 Å². The van der Waals surface area contributed by atoms with Gasteiger partial charge >= 0.3 is 6.09 Å². The lowest BCUT2D eigenvalue weighted by molar-refractivity contribution is 0.143. The fourth-order valence-electron chi connectivity index (χ4n) is 2.85. The van der Waals surface area contributed by atoms with Crippen molar-refractivity contribution in [2.24, 2.45) is 0 Å². The Morgan fingerprint density at radius 3 is 2.56 bits per heavy atom. The molecule has 1 aliphatic heterocycles. The van der Waals surface area contributed by atoms with Crippen molar-refractivity contribution in [3.8, 4) is 5.75 Å². The molecule has 8 heteroatoms. The molecule has 1 aliphatic rings. The molecule has 0 aliphatic carbocycles. The van der Waals surface area contributed by atoms with Gasteiger partial charge in [-0.25, -0.2) is 17.9 Å². The second-order valence-corrected chi connectivity index (χ2v) is 8.16. The molecule has 1 N–H and O–H groups in total. The second-order valence-electron chi connectivity index (χ2n) is 6.35. The highest BCUT2D eigenvalue weighted by Gasteiger charge is 2.33. The molecule has 1 fully saturated rings. The number of carbonyl (C=O) groups excluding carboxylic acids is 1. The van der Waals surface area contributed by atoms with Gasteiger partial charge in [-0.3, -0.25) is 4.90 Å². The molecule has 0 bridgehead atoms. The minimum absolute atomic E-state index is 0.0343. The van der Waals surface area contributed by atoms with E-state index in [2.05, 4.69) is 4.72 Å². The van der Waals surface area contributed by atoms with E-state index in [1.165, 1.54) is 4.90 Å². The highest BCUT2D eigenvalue weighted by Crippen LogP contribution is 2.24. The Morgan fingerprint density at radius 1 is 1.19 bits per heavy atom. The molecule has 0 aromatic heterocycles. The van der Waals surface area contributed by atoms with Crippen LogP contribution in [-0.4, -0.2) is 40.8 Å². The fraction of sp³-hybridized carbons (Fsp3) is 0.316. The van der Waals surface area contributed by atoms with E-state index in [0.717, 1.165) is 11.1 Å². The van der Waals surface area contributed by atoms with Gasteiger partial charge in [0.1, 0.15) is 11.9 Å². The Balaban J connectivity index is 1.58. The van der Waals surface area contributed by atoms with Gasteiger partial charge in [-0.1, -0.05) is 24.3 Å². The summed E-state index contributed by atoms with van der Waals surface area (Å²) in [5.41, 5.74) is 2.33. The van der Waals surface area contributed by atoms with Gasteiger partial charge in [0.05, 0.1) is 19.4 Å². The Kier molecular flexibility index (Phi) is 5.67. The maximum Gasteiger partial charge on any atom is 0.414 e.